The van der Waals surface area contributed by atoms with Crippen LogP contribution < -0.4 is 5.73 Å². The van der Waals surface area contributed by atoms with Gasteiger partial charge in [-0.2, -0.15) is 5.10 Å². The molecule has 3 unspecified atom stereocenters. The van der Waals surface area contributed by atoms with E-state index in [9.17, 15) is 0 Å². The molecule has 90 valence electrons. The van der Waals surface area contributed by atoms with Gasteiger partial charge < -0.3 is 5.73 Å². The Kier molecular flexibility index (Phi) is 3.64. The van der Waals surface area contributed by atoms with E-state index < -0.39 is 0 Å². The number of nitrogens with two attached hydrogens (primary N) is 1. The number of hydrogen-bond donors (Lipinski definition) is 1. The first kappa shape index (κ1) is 11.6. The van der Waals surface area contributed by atoms with Gasteiger partial charge in [0.25, 0.3) is 0 Å². The lowest BCUT2D eigenvalue weighted by molar-refractivity contribution is 0.332. The molecule has 2 N–H and O–H groups in total. The Bertz CT molecular complexity index is 332. The van der Waals surface area contributed by atoms with Crippen molar-refractivity contribution in [2.24, 2.45) is 24.6 Å². The average molecular weight is 221 g/mol. The molecule has 1 fully saturated rings. The molecule has 3 atom stereocenters. The molecule has 0 spiro atoms. The summed E-state index contributed by atoms with van der Waals surface area (Å²) >= 11 is 0. The summed E-state index contributed by atoms with van der Waals surface area (Å²) in [6, 6.07) is 0.373. The van der Waals surface area contributed by atoms with Crippen molar-refractivity contribution < 1.29 is 0 Å². The van der Waals surface area contributed by atoms with Gasteiger partial charge in [-0.15, -0.1) is 0 Å². The van der Waals surface area contributed by atoms with E-state index in [0.717, 1.165) is 24.7 Å². The zero-order valence-electron chi connectivity index (χ0n) is 10.4. The summed E-state index contributed by atoms with van der Waals surface area (Å²) in [4.78, 5) is 0. The smallest absolute Gasteiger partial charge is 0.0521 e. The highest BCUT2D eigenvalue weighted by Crippen LogP contribution is 2.34. The first-order valence-corrected chi connectivity index (χ1v) is 6.40. The number of hydrogen-bond acceptors (Lipinski definition) is 2. The van der Waals surface area contributed by atoms with Gasteiger partial charge in [-0.25, -0.2) is 0 Å². The second kappa shape index (κ2) is 5.00. The SMILES string of the molecule is CC1CCCC1C(N)CCc1cnn(C)c1. The van der Waals surface area contributed by atoms with Crippen LogP contribution in [0.2, 0.25) is 0 Å². The third-order valence-electron chi connectivity index (χ3n) is 4.00. The van der Waals surface area contributed by atoms with Gasteiger partial charge in [0.15, 0.2) is 0 Å². The largest absolute Gasteiger partial charge is 0.327 e. The maximum atomic E-state index is 6.30. The molecule has 0 bridgehead atoms. The van der Waals surface area contributed by atoms with Crippen molar-refractivity contribution in [3.8, 4) is 0 Å². The van der Waals surface area contributed by atoms with Gasteiger partial charge >= 0.3 is 0 Å². The van der Waals surface area contributed by atoms with Gasteiger partial charge in [-0.1, -0.05) is 19.8 Å². The molecule has 0 saturated heterocycles. The summed E-state index contributed by atoms with van der Waals surface area (Å²) in [6.45, 7) is 2.35. The lowest BCUT2D eigenvalue weighted by atomic mass is 9.88. The number of nitrogens with zero attached hydrogens (tertiary/aromatic N) is 2. The predicted octanol–water partition coefficient (Wildman–Crippen LogP) is 2.12. The van der Waals surface area contributed by atoms with E-state index in [1.165, 1.54) is 24.8 Å². The molecule has 1 aromatic rings. The summed E-state index contributed by atoms with van der Waals surface area (Å²) in [5, 5.41) is 4.18. The van der Waals surface area contributed by atoms with Gasteiger partial charge in [-0.05, 0) is 36.7 Å². The normalized spacial score (nSPS) is 27.2. The highest BCUT2D eigenvalue weighted by molar-refractivity contribution is 5.04. The molecule has 0 amide bonds. The molecule has 16 heavy (non-hydrogen) atoms. The lowest BCUT2D eigenvalue weighted by Gasteiger charge is -2.22. The van der Waals surface area contributed by atoms with Crippen LogP contribution >= 0.6 is 0 Å². The van der Waals surface area contributed by atoms with Crippen LogP contribution in [0.5, 0.6) is 0 Å². The van der Waals surface area contributed by atoms with Crippen LogP contribution in [-0.2, 0) is 13.5 Å². The molecule has 3 nitrogen and oxygen atoms in total. The van der Waals surface area contributed by atoms with Gasteiger partial charge in [0.2, 0.25) is 0 Å². The van der Waals surface area contributed by atoms with Gasteiger partial charge in [-0.3, -0.25) is 4.68 Å². The van der Waals surface area contributed by atoms with Crippen LogP contribution in [0.15, 0.2) is 12.4 Å². The molecule has 1 heterocycles. The molecule has 1 saturated carbocycles. The topological polar surface area (TPSA) is 43.8 Å². The highest BCUT2D eigenvalue weighted by Gasteiger charge is 2.28. The van der Waals surface area contributed by atoms with Crippen molar-refractivity contribution >= 4 is 0 Å². The maximum absolute atomic E-state index is 6.30. The zero-order valence-corrected chi connectivity index (χ0v) is 10.4. The molecule has 2 rings (SSSR count). The third-order valence-corrected chi connectivity index (χ3v) is 4.00. The summed E-state index contributed by atoms with van der Waals surface area (Å²) < 4.78 is 1.86. The standard InChI is InChI=1S/C13H23N3/c1-10-4-3-5-12(10)13(14)7-6-11-8-15-16(2)9-11/h8-10,12-13H,3-7,14H2,1-2H3. The first-order chi connectivity index (χ1) is 7.66. The molecule has 1 aromatic heterocycles. The molecule has 1 aliphatic carbocycles. The Hall–Kier alpha value is -0.830. The number of rotatable bonds is 4. The first-order valence-electron chi connectivity index (χ1n) is 6.40. The molecule has 1 aliphatic rings. The summed E-state index contributed by atoms with van der Waals surface area (Å²) in [6.07, 6.45) is 10.3. The van der Waals surface area contributed by atoms with E-state index in [2.05, 4.69) is 18.2 Å². The molecule has 0 aliphatic heterocycles. The Morgan fingerprint density at radius 3 is 2.94 bits per heavy atom. The fourth-order valence-corrected chi connectivity index (χ4v) is 2.96. The summed E-state index contributed by atoms with van der Waals surface area (Å²) in [5.41, 5.74) is 7.61. The fourth-order valence-electron chi connectivity index (χ4n) is 2.96. The summed E-state index contributed by atoms with van der Waals surface area (Å²) in [7, 11) is 1.96. The minimum absolute atomic E-state index is 0.373. The van der Waals surface area contributed by atoms with Crippen molar-refractivity contribution in [1.29, 1.82) is 0 Å². The van der Waals surface area contributed by atoms with E-state index in [1.54, 1.807) is 0 Å². The minimum Gasteiger partial charge on any atom is -0.327 e. The van der Waals surface area contributed by atoms with Crippen molar-refractivity contribution in [2.45, 2.75) is 45.1 Å². The van der Waals surface area contributed by atoms with Crippen LogP contribution in [0.3, 0.4) is 0 Å². The second-order valence-electron chi connectivity index (χ2n) is 5.30. The van der Waals surface area contributed by atoms with Crippen LogP contribution in [0.1, 0.15) is 38.2 Å². The fraction of sp³-hybridized carbons (Fsp3) is 0.769. The summed E-state index contributed by atoms with van der Waals surface area (Å²) in [5.74, 6) is 1.57. The van der Waals surface area contributed by atoms with Gasteiger partial charge in [0.1, 0.15) is 0 Å². The Morgan fingerprint density at radius 1 is 1.56 bits per heavy atom. The molecular weight excluding hydrogens is 198 g/mol. The van der Waals surface area contributed by atoms with Crippen molar-refractivity contribution in [2.75, 3.05) is 0 Å². The highest BCUT2D eigenvalue weighted by atomic mass is 15.2. The third kappa shape index (κ3) is 2.64. The van der Waals surface area contributed by atoms with Crippen LogP contribution in [0, 0.1) is 11.8 Å². The Morgan fingerprint density at radius 2 is 2.38 bits per heavy atom. The Balaban J connectivity index is 1.81. The van der Waals surface area contributed by atoms with E-state index in [0.29, 0.717) is 6.04 Å². The zero-order chi connectivity index (χ0) is 11.5. The van der Waals surface area contributed by atoms with Crippen LogP contribution in [0.4, 0.5) is 0 Å². The average Bonchev–Trinajstić information content (AvgIpc) is 2.84. The van der Waals surface area contributed by atoms with E-state index in [4.69, 9.17) is 5.73 Å². The number of aromatic nitrogens is 2. The molecule has 0 radical (unpaired) electrons. The van der Waals surface area contributed by atoms with E-state index >= 15 is 0 Å². The van der Waals surface area contributed by atoms with Crippen LogP contribution in [-0.4, -0.2) is 15.8 Å². The van der Waals surface area contributed by atoms with Crippen molar-refractivity contribution in [3.63, 3.8) is 0 Å². The Labute approximate surface area is 98.0 Å². The predicted molar refractivity (Wildman–Crippen MR) is 66.0 cm³/mol. The minimum atomic E-state index is 0.373. The lowest BCUT2D eigenvalue weighted by Crippen LogP contribution is -2.32. The van der Waals surface area contributed by atoms with E-state index in [1.807, 2.05) is 17.9 Å². The quantitative estimate of drug-likeness (QED) is 0.846. The number of aryl methyl sites for hydroxylation is 2. The van der Waals surface area contributed by atoms with Gasteiger partial charge in [0.05, 0.1) is 6.20 Å². The monoisotopic (exact) mass is 221 g/mol. The van der Waals surface area contributed by atoms with Crippen LogP contribution in [0.25, 0.3) is 0 Å². The van der Waals surface area contributed by atoms with Crippen molar-refractivity contribution in [1.82, 2.24) is 9.78 Å². The van der Waals surface area contributed by atoms with Gasteiger partial charge in [0, 0.05) is 19.3 Å². The molecular formula is C13H23N3. The van der Waals surface area contributed by atoms with Crippen molar-refractivity contribution in [3.05, 3.63) is 18.0 Å². The molecule has 0 aromatic carbocycles. The van der Waals surface area contributed by atoms with E-state index in [-0.39, 0.29) is 0 Å². The maximum Gasteiger partial charge on any atom is 0.0521 e. The second-order valence-corrected chi connectivity index (χ2v) is 5.30. The molecule has 3 heteroatoms.